The molecule has 1 amide bonds. The van der Waals surface area contributed by atoms with Gasteiger partial charge in [0.1, 0.15) is 5.76 Å². The van der Waals surface area contributed by atoms with E-state index in [0.717, 1.165) is 5.76 Å². The van der Waals surface area contributed by atoms with Crippen LogP contribution in [0.1, 0.15) is 23.0 Å². The molecule has 0 saturated heterocycles. The highest BCUT2D eigenvalue weighted by Gasteiger charge is 2.04. The predicted molar refractivity (Wildman–Crippen MR) is 75.5 cm³/mol. The molecule has 0 atom stereocenters. The molecule has 1 heterocycles. The number of benzene rings is 1. The number of anilines is 1. The second-order valence-corrected chi connectivity index (χ2v) is 4.36. The van der Waals surface area contributed by atoms with Crippen LogP contribution in [0.25, 0.3) is 0 Å². The molecule has 0 radical (unpaired) electrons. The zero-order valence-corrected chi connectivity index (χ0v) is 11.2. The van der Waals surface area contributed by atoms with Crippen LogP contribution >= 0.6 is 0 Å². The van der Waals surface area contributed by atoms with E-state index in [-0.39, 0.29) is 18.2 Å². The predicted octanol–water partition coefficient (Wildman–Crippen LogP) is 2.21. The van der Waals surface area contributed by atoms with Crippen LogP contribution in [0, 0.1) is 0 Å². The van der Waals surface area contributed by atoms with Crippen molar-refractivity contribution in [2.45, 2.75) is 13.5 Å². The fourth-order valence-electron chi connectivity index (χ4n) is 1.71. The molecule has 1 aromatic carbocycles. The van der Waals surface area contributed by atoms with E-state index < -0.39 is 0 Å². The molecule has 5 nitrogen and oxygen atoms in total. The van der Waals surface area contributed by atoms with Crippen molar-refractivity contribution in [3.63, 3.8) is 0 Å². The average Bonchev–Trinajstić information content (AvgIpc) is 2.92. The van der Waals surface area contributed by atoms with E-state index in [2.05, 4.69) is 10.6 Å². The lowest BCUT2D eigenvalue weighted by molar-refractivity contribution is -0.115. The highest BCUT2D eigenvalue weighted by atomic mass is 16.3. The summed E-state index contributed by atoms with van der Waals surface area (Å²) in [6.07, 6.45) is 1.59. The monoisotopic (exact) mass is 272 g/mol. The van der Waals surface area contributed by atoms with Crippen LogP contribution in [0.5, 0.6) is 0 Å². The maximum Gasteiger partial charge on any atom is 0.238 e. The Kier molecular flexibility index (Phi) is 4.68. The first-order valence-electron chi connectivity index (χ1n) is 6.29. The van der Waals surface area contributed by atoms with Gasteiger partial charge in [-0.3, -0.25) is 9.59 Å². The number of hydrogen-bond acceptors (Lipinski definition) is 4. The first-order chi connectivity index (χ1) is 9.65. The number of amides is 1. The lowest BCUT2D eigenvalue weighted by Crippen LogP contribution is -2.27. The number of rotatable bonds is 6. The third kappa shape index (κ3) is 4.07. The van der Waals surface area contributed by atoms with Crippen molar-refractivity contribution in [3.8, 4) is 0 Å². The Balaban J connectivity index is 1.77. The zero-order chi connectivity index (χ0) is 14.4. The van der Waals surface area contributed by atoms with E-state index >= 15 is 0 Å². The topological polar surface area (TPSA) is 71.3 Å². The van der Waals surface area contributed by atoms with Gasteiger partial charge in [0.2, 0.25) is 5.91 Å². The normalized spacial score (nSPS) is 10.2. The van der Waals surface area contributed by atoms with Crippen LogP contribution in [0.15, 0.2) is 47.1 Å². The van der Waals surface area contributed by atoms with Gasteiger partial charge < -0.3 is 15.1 Å². The van der Waals surface area contributed by atoms with Crippen molar-refractivity contribution in [3.05, 3.63) is 54.0 Å². The summed E-state index contributed by atoms with van der Waals surface area (Å²) in [6, 6.07) is 10.4. The number of carbonyl (C=O) groups excluding carboxylic acids is 2. The third-order valence-electron chi connectivity index (χ3n) is 2.74. The van der Waals surface area contributed by atoms with Gasteiger partial charge in [0.05, 0.1) is 19.4 Å². The van der Waals surface area contributed by atoms with E-state index in [4.69, 9.17) is 4.42 Å². The van der Waals surface area contributed by atoms with Gasteiger partial charge in [-0.05, 0) is 43.3 Å². The summed E-state index contributed by atoms with van der Waals surface area (Å²) in [7, 11) is 0. The molecule has 104 valence electrons. The quantitative estimate of drug-likeness (QED) is 0.791. The van der Waals surface area contributed by atoms with Gasteiger partial charge in [0.25, 0.3) is 0 Å². The van der Waals surface area contributed by atoms with Crippen LogP contribution in [-0.2, 0) is 11.3 Å². The molecule has 5 heteroatoms. The summed E-state index contributed by atoms with van der Waals surface area (Å²) in [6.45, 7) is 2.20. The molecule has 0 saturated carbocycles. The molecule has 0 aliphatic rings. The second-order valence-electron chi connectivity index (χ2n) is 4.36. The van der Waals surface area contributed by atoms with Crippen molar-refractivity contribution in [2.75, 3.05) is 11.9 Å². The minimum atomic E-state index is -0.146. The van der Waals surface area contributed by atoms with Crippen molar-refractivity contribution < 1.29 is 14.0 Å². The summed E-state index contributed by atoms with van der Waals surface area (Å²) in [5, 5.41) is 5.72. The summed E-state index contributed by atoms with van der Waals surface area (Å²) in [4.78, 5) is 22.8. The number of ketones is 1. The van der Waals surface area contributed by atoms with Gasteiger partial charge in [-0.1, -0.05) is 0 Å². The Bertz CT molecular complexity index is 574. The summed E-state index contributed by atoms with van der Waals surface area (Å²) in [5.41, 5.74) is 1.29. The lowest BCUT2D eigenvalue weighted by atomic mass is 10.1. The van der Waals surface area contributed by atoms with Gasteiger partial charge in [-0.25, -0.2) is 0 Å². The van der Waals surface area contributed by atoms with Gasteiger partial charge in [-0.15, -0.1) is 0 Å². The van der Waals surface area contributed by atoms with Crippen molar-refractivity contribution >= 4 is 17.4 Å². The van der Waals surface area contributed by atoms with E-state index in [1.165, 1.54) is 6.92 Å². The van der Waals surface area contributed by atoms with Gasteiger partial charge in [0.15, 0.2) is 5.78 Å². The Morgan fingerprint density at radius 3 is 2.50 bits per heavy atom. The maximum absolute atomic E-state index is 11.7. The molecule has 0 aliphatic heterocycles. The van der Waals surface area contributed by atoms with Crippen LogP contribution in [0.4, 0.5) is 5.69 Å². The molecule has 0 fully saturated rings. The molecular weight excluding hydrogens is 256 g/mol. The SMILES string of the molecule is CC(=O)c1ccc(NC(=O)CNCc2ccco2)cc1. The van der Waals surface area contributed by atoms with Crippen molar-refractivity contribution in [2.24, 2.45) is 0 Å². The van der Waals surface area contributed by atoms with Gasteiger partial charge in [-0.2, -0.15) is 0 Å². The van der Waals surface area contributed by atoms with E-state index in [1.807, 2.05) is 6.07 Å². The van der Waals surface area contributed by atoms with Crippen LogP contribution < -0.4 is 10.6 Å². The molecule has 0 bridgehead atoms. The Morgan fingerprint density at radius 1 is 1.15 bits per heavy atom. The number of carbonyl (C=O) groups is 2. The Labute approximate surface area is 117 Å². The minimum absolute atomic E-state index is 0.00277. The molecule has 2 aromatic rings. The highest BCUT2D eigenvalue weighted by molar-refractivity contribution is 5.96. The number of Topliss-reactive ketones (excluding diaryl/α,β-unsaturated/α-hetero) is 1. The molecule has 0 unspecified atom stereocenters. The fraction of sp³-hybridized carbons (Fsp3) is 0.200. The molecular formula is C15H16N2O3. The highest BCUT2D eigenvalue weighted by Crippen LogP contribution is 2.09. The lowest BCUT2D eigenvalue weighted by Gasteiger charge is -2.06. The summed E-state index contributed by atoms with van der Waals surface area (Å²) < 4.78 is 5.14. The number of hydrogen-bond donors (Lipinski definition) is 2. The molecule has 20 heavy (non-hydrogen) atoms. The van der Waals surface area contributed by atoms with Crippen LogP contribution in [0.2, 0.25) is 0 Å². The van der Waals surface area contributed by atoms with Crippen LogP contribution in [-0.4, -0.2) is 18.2 Å². The standard InChI is InChI=1S/C15H16N2O3/c1-11(18)12-4-6-13(7-5-12)17-15(19)10-16-9-14-3-2-8-20-14/h2-8,16H,9-10H2,1H3,(H,17,19). The third-order valence-corrected chi connectivity index (χ3v) is 2.74. The summed E-state index contributed by atoms with van der Waals surface area (Å²) in [5.74, 6) is 0.638. The van der Waals surface area contributed by atoms with Gasteiger partial charge in [0, 0.05) is 11.3 Å². The largest absolute Gasteiger partial charge is 0.468 e. The second kappa shape index (κ2) is 6.68. The average molecular weight is 272 g/mol. The number of furan rings is 1. The first-order valence-corrected chi connectivity index (χ1v) is 6.29. The van der Waals surface area contributed by atoms with Crippen molar-refractivity contribution in [1.82, 2.24) is 5.32 Å². The van der Waals surface area contributed by atoms with Gasteiger partial charge >= 0.3 is 0 Å². The smallest absolute Gasteiger partial charge is 0.238 e. The van der Waals surface area contributed by atoms with E-state index in [0.29, 0.717) is 17.8 Å². The molecule has 2 N–H and O–H groups in total. The number of nitrogens with one attached hydrogen (secondary N) is 2. The molecule has 0 spiro atoms. The molecule has 1 aromatic heterocycles. The molecule has 2 rings (SSSR count). The maximum atomic E-state index is 11.7. The fourth-order valence-corrected chi connectivity index (χ4v) is 1.71. The first kappa shape index (κ1) is 14.0. The minimum Gasteiger partial charge on any atom is -0.468 e. The Hall–Kier alpha value is -2.40. The van der Waals surface area contributed by atoms with E-state index in [9.17, 15) is 9.59 Å². The Morgan fingerprint density at radius 2 is 1.90 bits per heavy atom. The summed E-state index contributed by atoms with van der Waals surface area (Å²) >= 11 is 0. The zero-order valence-electron chi connectivity index (χ0n) is 11.2. The van der Waals surface area contributed by atoms with Crippen molar-refractivity contribution in [1.29, 1.82) is 0 Å². The molecule has 0 aliphatic carbocycles. The van der Waals surface area contributed by atoms with Crippen LogP contribution in [0.3, 0.4) is 0 Å². The van der Waals surface area contributed by atoms with E-state index in [1.54, 1.807) is 36.6 Å².